The van der Waals surface area contributed by atoms with Gasteiger partial charge in [-0.1, -0.05) is 12.1 Å². The molecule has 2 aromatic rings. The number of amides is 1. The van der Waals surface area contributed by atoms with Gasteiger partial charge in [0.05, 0.1) is 5.52 Å². The van der Waals surface area contributed by atoms with Gasteiger partial charge in [0.25, 0.3) is 11.5 Å². The summed E-state index contributed by atoms with van der Waals surface area (Å²) in [6.45, 7) is 2.46. The summed E-state index contributed by atoms with van der Waals surface area (Å²) >= 11 is 5.51. The molecule has 1 heterocycles. The Hall–Kier alpha value is -2.01. The predicted octanol–water partition coefficient (Wildman–Crippen LogP) is 1.70. The van der Waals surface area contributed by atoms with E-state index in [1.165, 1.54) is 4.57 Å². The molecule has 6 heteroatoms. The minimum atomic E-state index is -0.610. The summed E-state index contributed by atoms with van der Waals surface area (Å²) < 4.78 is 1.46. The number of aromatic hydroxyl groups is 1. The zero-order valence-electron chi connectivity index (χ0n) is 11.0. The van der Waals surface area contributed by atoms with Gasteiger partial charge < -0.3 is 15.0 Å². The van der Waals surface area contributed by atoms with Crippen LogP contribution in [0.3, 0.4) is 0 Å². The Kier molecular flexibility index (Phi) is 4.29. The lowest BCUT2D eigenvalue weighted by Crippen LogP contribution is -2.34. The van der Waals surface area contributed by atoms with Crippen molar-refractivity contribution >= 4 is 28.4 Å². The monoisotopic (exact) mass is 294 g/mol. The Bertz CT molecular complexity index is 709. The van der Waals surface area contributed by atoms with Crippen molar-refractivity contribution in [2.45, 2.75) is 13.5 Å². The standard InChI is InChI=1S/C14H15ClN2O3/c1-2-17-10-6-4-3-5-9(10)12(18)11(14(17)20)13(19)16-8-7-15/h3-6,18H,2,7-8H2,1H3,(H,16,19). The number of nitrogens with one attached hydrogen (secondary N) is 1. The zero-order valence-corrected chi connectivity index (χ0v) is 11.8. The maximum Gasteiger partial charge on any atom is 0.267 e. The molecular weight excluding hydrogens is 280 g/mol. The molecule has 2 N–H and O–H groups in total. The van der Waals surface area contributed by atoms with Crippen LogP contribution in [0.15, 0.2) is 29.1 Å². The Morgan fingerprint density at radius 2 is 2.10 bits per heavy atom. The van der Waals surface area contributed by atoms with E-state index >= 15 is 0 Å². The van der Waals surface area contributed by atoms with Gasteiger partial charge in [0, 0.05) is 24.4 Å². The minimum Gasteiger partial charge on any atom is -0.506 e. The molecule has 0 unspecified atom stereocenters. The van der Waals surface area contributed by atoms with E-state index in [0.29, 0.717) is 17.4 Å². The van der Waals surface area contributed by atoms with Gasteiger partial charge in [-0.2, -0.15) is 0 Å². The molecule has 1 amide bonds. The highest BCUT2D eigenvalue weighted by molar-refractivity contribution is 6.18. The van der Waals surface area contributed by atoms with Crippen LogP contribution < -0.4 is 10.9 Å². The van der Waals surface area contributed by atoms with Gasteiger partial charge >= 0.3 is 0 Å². The van der Waals surface area contributed by atoms with E-state index in [0.717, 1.165) is 0 Å². The summed E-state index contributed by atoms with van der Waals surface area (Å²) in [7, 11) is 0. The number of pyridine rings is 1. The number of carbonyl (C=O) groups excluding carboxylic acids is 1. The fourth-order valence-electron chi connectivity index (χ4n) is 2.16. The number of halogens is 1. The van der Waals surface area contributed by atoms with Crippen LogP contribution in [0.5, 0.6) is 5.75 Å². The minimum absolute atomic E-state index is 0.234. The Labute approximate surface area is 120 Å². The van der Waals surface area contributed by atoms with Crippen molar-refractivity contribution in [3.8, 4) is 5.75 Å². The van der Waals surface area contributed by atoms with Crippen molar-refractivity contribution in [3.05, 3.63) is 40.2 Å². The quantitative estimate of drug-likeness (QED) is 0.843. The van der Waals surface area contributed by atoms with Crippen molar-refractivity contribution in [2.75, 3.05) is 12.4 Å². The Morgan fingerprint density at radius 1 is 1.40 bits per heavy atom. The summed E-state index contributed by atoms with van der Waals surface area (Å²) in [5.74, 6) is -0.661. The molecule has 0 spiro atoms. The van der Waals surface area contributed by atoms with E-state index in [1.54, 1.807) is 24.3 Å². The fourth-order valence-corrected chi connectivity index (χ4v) is 2.25. The molecule has 1 aromatic heterocycles. The van der Waals surface area contributed by atoms with Crippen LogP contribution in [0.4, 0.5) is 0 Å². The molecule has 0 aliphatic heterocycles. The van der Waals surface area contributed by atoms with Crippen LogP contribution in [0, 0.1) is 0 Å². The van der Waals surface area contributed by atoms with Gasteiger partial charge in [0.15, 0.2) is 0 Å². The van der Waals surface area contributed by atoms with E-state index < -0.39 is 11.5 Å². The number of alkyl halides is 1. The van der Waals surface area contributed by atoms with Crippen molar-refractivity contribution in [1.29, 1.82) is 0 Å². The molecule has 106 valence electrons. The van der Waals surface area contributed by atoms with Gasteiger partial charge in [0.2, 0.25) is 0 Å². The predicted molar refractivity (Wildman–Crippen MR) is 78.6 cm³/mol. The lowest BCUT2D eigenvalue weighted by atomic mass is 10.1. The van der Waals surface area contributed by atoms with Gasteiger partial charge in [-0.15, -0.1) is 11.6 Å². The van der Waals surface area contributed by atoms with Gasteiger partial charge in [-0.25, -0.2) is 0 Å². The fraction of sp³-hybridized carbons (Fsp3) is 0.286. The normalized spacial score (nSPS) is 10.7. The highest BCUT2D eigenvalue weighted by Gasteiger charge is 2.21. The molecule has 0 aliphatic rings. The number of hydrogen-bond donors (Lipinski definition) is 2. The average molecular weight is 295 g/mol. The number of aromatic nitrogens is 1. The van der Waals surface area contributed by atoms with Crippen LogP contribution in [0.1, 0.15) is 17.3 Å². The van der Waals surface area contributed by atoms with E-state index in [-0.39, 0.29) is 23.7 Å². The first-order chi connectivity index (χ1) is 9.61. The number of nitrogens with zero attached hydrogens (tertiary/aromatic N) is 1. The van der Waals surface area contributed by atoms with Gasteiger partial charge in [0.1, 0.15) is 11.3 Å². The summed E-state index contributed by atoms with van der Waals surface area (Å²) in [5.41, 5.74) is -0.141. The molecule has 0 saturated heterocycles. The molecule has 0 aliphatic carbocycles. The van der Waals surface area contributed by atoms with E-state index in [2.05, 4.69) is 5.32 Å². The van der Waals surface area contributed by atoms with Gasteiger partial charge in [-0.05, 0) is 19.1 Å². The first kappa shape index (κ1) is 14.4. The maximum absolute atomic E-state index is 12.3. The third-order valence-electron chi connectivity index (χ3n) is 3.07. The third-order valence-corrected chi connectivity index (χ3v) is 3.26. The van der Waals surface area contributed by atoms with Crippen molar-refractivity contribution in [1.82, 2.24) is 9.88 Å². The third kappa shape index (κ3) is 2.36. The topological polar surface area (TPSA) is 71.3 Å². The number of carbonyl (C=O) groups is 1. The van der Waals surface area contributed by atoms with Crippen molar-refractivity contribution in [3.63, 3.8) is 0 Å². The lowest BCUT2D eigenvalue weighted by Gasteiger charge is -2.13. The van der Waals surface area contributed by atoms with Crippen LogP contribution in [0.2, 0.25) is 0 Å². The number of para-hydroxylation sites is 1. The van der Waals surface area contributed by atoms with E-state index in [1.807, 2.05) is 6.92 Å². The molecule has 0 saturated carbocycles. The number of aryl methyl sites for hydroxylation is 1. The first-order valence-electron chi connectivity index (χ1n) is 6.30. The highest BCUT2D eigenvalue weighted by Crippen LogP contribution is 2.25. The molecule has 0 atom stereocenters. The molecule has 0 radical (unpaired) electrons. The number of benzene rings is 1. The Balaban J connectivity index is 2.72. The molecule has 20 heavy (non-hydrogen) atoms. The average Bonchev–Trinajstić information content (AvgIpc) is 2.46. The number of rotatable bonds is 4. The summed E-state index contributed by atoms with van der Waals surface area (Å²) in [4.78, 5) is 24.4. The van der Waals surface area contributed by atoms with Crippen LogP contribution in [-0.4, -0.2) is 28.0 Å². The molecule has 2 rings (SSSR count). The van der Waals surface area contributed by atoms with Crippen molar-refractivity contribution < 1.29 is 9.90 Å². The lowest BCUT2D eigenvalue weighted by molar-refractivity contribution is 0.0951. The smallest absolute Gasteiger partial charge is 0.267 e. The van der Waals surface area contributed by atoms with Crippen molar-refractivity contribution in [2.24, 2.45) is 0 Å². The maximum atomic E-state index is 12.3. The first-order valence-corrected chi connectivity index (χ1v) is 6.84. The molecule has 5 nitrogen and oxygen atoms in total. The van der Waals surface area contributed by atoms with Crippen LogP contribution in [0.25, 0.3) is 10.9 Å². The van der Waals surface area contributed by atoms with Gasteiger partial charge in [-0.3, -0.25) is 9.59 Å². The SMILES string of the molecule is CCn1c(=O)c(C(=O)NCCCl)c(O)c2ccccc21. The van der Waals surface area contributed by atoms with E-state index in [4.69, 9.17) is 11.6 Å². The van der Waals surface area contributed by atoms with Crippen LogP contribution >= 0.6 is 11.6 Å². The molecule has 0 fully saturated rings. The second-order valence-electron chi connectivity index (χ2n) is 4.24. The van der Waals surface area contributed by atoms with E-state index in [9.17, 15) is 14.7 Å². The second kappa shape index (κ2) is 5.96. The number of hydrogen-bond acceptors (Lipinski definition) is 3. The number of fused-ring (bicyclic) bond motifs is 1. The summed E-state index contributed by atoms with van der Waals surface area (Å²) in [6.07, 6.45) is 0. The van der Waals surface area contributed by atoms with Crippen LogP contribution in [-0.2, 0) is 6.54 Å². The largest absolute Gasteiger partial charge is 0.506 e. The summed E-state index contributed by atoms with van der Waals surface area (Å²) in [6, 6.07) is 6.93. The zero-order chi connectivity index (χ0) is 14.7. The molecule has 1 aromatic carbocycles. The summed E-state index contributed by atoms with van der Waals surface area (Å²) in [5, 5.41) is 13.2. The molecular formula is C14H15ClN2O3. The Morgan fingerprint density at radius 3 is 2.75 bits per heavy atom. The highest BCUT2D eigenvalue weighted by atomic mass is 35.5. The molecule has 0 bridgehead atoms. The second-order valence-corrected chi connectivity index (χ2v) is 4.61.